The van der Waals surface area contributed by atoms with Crippen molar-refractivity contribution in [3.8, 4) is 34.2 Å². The van der Waals surface area contributed by atoms with Gasteiger partial charge in [0.2, 0.25) is 0 Å². The maximum Gasteiger partial charge on any atom is 0.275 e. The molecule has 5 rings (SSSR count). The Morgan fingerprint density at radius 1 is 0.868 bits per heavy atom. The van der Waals surface area contributed by atoms with Gasteiger partial charge in [0.05, 0.1) is 35.0 Å². The summed E-state index contributed by atoms with van der Waals surface area (Å²) >= 11 is 0. The van der Waals surface area contributed by atoms with E-state index in [-0.39, 0.29) is 17.1 Å². The number of methoxy groups -OCH3 is 1. The first-order chi connectivity index (χ1) is 18.5. The van der Waals surface area contributed by atoms with Crippen molar-refractivity contribution < 1.29 is 19.2 Å². The van der Waals surface area contributed by atoms with Crippen LogP contribution in [0.2, 0.25) is 0 Å². The molecule has 0 unspecified atom stereocenters. The lowest BCUT2D eigenvalue weighted by Gasteiger charge is -2.10. The number of nitro benzene ring substituents is 1. The van der Waals surface area contributed by atoms with Crippen molar-refractivity contribution in [3.63, 3.8) is 0 Å². The van der Waals surface area contributed by atoms with Gasteiger partial charge in [-0.1, -0.05) is 48.5 Å². The average molecular weight is 507 g/mol. The Morgan fingerprint density at radius 3 is 2.18 bits per heavy atom. The first-order valence-corrected chi connectivity index (χ1v) is 11.6. The number of carbonyl (C=O) groups is 1. The Bertz CT molecular complexity index is 1580. The molecule has 38 heavy (non-hydrogen) atoms. The molecule has 1 heterocycles. The van der Waals surface area contributed by atoms with E-state index in [0.717, 1.165) is 11.3 Å². The minimum absolute atomic E-state index is 0.197. The first-order valence-electron chi connectivity index (χ1n) is 11.6. The molecular formula is C29H22N4O5. The largest absolute Gasteiger partial charge is 0.497 e. The van der Waals surface area contributed by atoms with E-state index in [1.807, 2.05) is 60.7 Å². The van der Waals surface area contributed by atoms with Crippen molar-refractivity contribution in [2.24, 2.45) is 0 Å². The summed E-state index contributed by atoms with van der Waals surface area (Å²) in [5.74, 6) is 0.832. The van der Waals surface area contributed by atoms with Crippen LogP contribution in [0.25, 0.3) is 16.9 Å². The van der Waals surface area contributed by atoms with Gasteiger partial charge in [-0.15, -0.1) is 0 Å². The van der Waals surface area contributed by atoms with Gasteiger partial charge in [0.15, 0.2) is 0 Å². The third-order valence-corrected chi connectivity index (χ3v) is 5.68. The monoisotopic (exact) mass is 506 g/mol. The SMILES string of the molecule is COc1ccc(Oc2cc(NC(=O)c3cn(-c4ccccc4)nc3-c3ccccc3)cc([N+](=O)[O-])c2)cc1. The topological polar surface area (TPSA) is 109 Å². The summed E-state index contributed by atoms with van der Waals surface area (Å²) in [5.41, 5.74) is 2.31. The molecular weight excluding hydrogens is 484 g/mol. The molecule has 4 aromatic carbocycles. The number of rotatable bonds is 8. The molecule has 0 saturated carbocycles. The van der Waals surface area contributed by atoms with Crippen LogP contribution in [0.5, 0.6) is 17.2 Å². The van der Waals surface area contributed by atoms with Crippen LogP contribution >= 0.6 is 0 Å². The number of aromatic nitrogens is 2. The van der Waals surface area contributed by atoms with Gasteiger partial charge >= 0.3 is 0 Å². The fraction of sp³-hybridized carbons (Fsp3) is 0.0345. The normalized spacial score (nSPS) is 10.6. The van der Waals surface area contributed by atoms with E-state index in [1.54, 1.807) is 42.3 Å². The molecule has 0 aliphatic rings. The second-order valence-electron chi connectivity index (χ2n) is 8.24. The highest BCUT2D eigenvalue weighted by Gasteiger charge is 2.20. The van der Waals surface area contributed by atoms with Crippen molar-refractivity contribution >= 4 is 17.3 Å². The number of nitrogens with one attached hydrogen (secondary N) is 1. The van der Waals surface area contributed by atoms with E-state index in [0.29, 0.717) is 22.8 Å². The molecule has 0 spiro atoms. The molecule has 0 aliphatic carbocycles. The second kappa shape index (κ2) is 10.7. The fourth-order valence-electron chi connectivity index (χ4n) is 3.86. The Morgan fingerprint density at radius 2 is 1.53 bits per heavy atom. The Balaban J connectivity index is 1.48. The van der Waals surface area contributed by atoms with Crippen molar-refractivity contribution in [1.29, 1.82) is 0 Å². The molecule has 0 aliphatic heterocycles. The first kappa shape index (κ1) is 24.3. The van der Waals surface area contributed by atoms with Crippen LogP contribution in [0, 0.1) is 10.1 Å². The summed E-state index contributed by atoms with van der Waals surface area (Å²) in [5, 5.41) is 19.0. The molecule has 1 N–H and O–H groups in total. The summed E-state index contributed by atoms with van der Waals surface area (Å²) in [6.45, 7) is 0. The molecule has 0 radical (unpaired) electrons. The van der Waals surface area contributed by atoms with Crippen LogP contribution in [-0.4, -0.2) is 27.7 Å². The van der Waals surface area contributed by atoms with E-state index < -0.39 is 10.8 Å². The summed E-state index contributed by atoms with van der Waals surface area (Å²) in [6.07, 6.45) is 1.64. The van der Waals surface area contributed by atoms with Crippen LogP contribution in [-0.2, 0) is 0 Å². The number of hydrogen-bond donors (Lipinski definition) is 1. The zero-order valence-corrected chi connectivity index (χ0v) is 20.3. The number of benzene rings is 4. The molecule has 0 bridgehead atoms. The molecule has 0 saturated heterocycles. The minimum Gasteiger partial charge on any atom is -0.497 e. The van der Waals surface area contributed by atoms with Crippen molar-refractivity contribution in [1.82, 2.24) is 9.78 Å². The second-order valence-corrected chi connectivity index (χ2v) is 8.24. The van der Waals surface area contributed by atoms with Gasteiger partial charge in [-0.05, 0) is 36.4 Å². The highest BCUT2D eigenvalue weighted by molar-refractivity contribution is 6.08. The zero-order chi connectivity index (χ0) is 26.5. The summed E-state index contributed by atoms with van der Waals surface area (Å²) in [6, 6.07) is 29.6. The Hall–Kier alpha value is -5.44. The van der Waals surface area contributed by atoms with Gasteiger partial charge < -0.3 is 14.8 Å². The van der Waals surface area contributed by atoms with Crippen molar-refractivity contribution in [2.75, 3.05) is 12.4 Å². The number of nitrogens with zero attached hydrogens (tertiary/aromatic N) is 3. The number of anilines is 1. The molecule has 5 aromatic rings. The minimum atomic E-state index is -0.542. The van der Waals surface area contributed by atoms with E-state index in [4.69, 9.17) is 9.47 Å². The number of hydrogen-bond acceptors (Lipinski definition) is 6. The highest BCUT2D eigenvalue weighted by Crippen LogP contribution is 2.31. The molecule has 0 atom stereocenters. The van der Waals surface area contributed by atoms with Gasteiger partial charge in [-0.2, -0.15) is 5.10 Å². The number of amides is 1. The van der Waals surface area contributed by atoms with E-state index in [2.05, 4.69) is 10.4 Å². The predicted molar refractivity (Wildman–Crippen MR) is 143 cm³/mol. The van der Waals surface area contributed by atoms with Crippen molar-refractivity contribution in [3.05, 3.63) is 125 Å². The molecule has 9 heteroatoms. The van der Waals surface area contributed by atoms with Crippen LogP contribution in [0.4, 0.5) is 11.4 Å². The highest BCUT2D eigenvalue weighted by atomic mass is 16.6. The molecule has 0 fully saturated rings. The summed E-state index contributed by atoms with van der Waals surface area (Å²) < 4.78 is 12.6. The van der Waals surface area contributed by atoms with Gasteiger partial charge in [0.25, 0.3) is 11.6 Å². The Kier molecular flexibility index (Phi) is 6.81. The lowest BCUT2D eigenvalue weighted by atomic mass is 10.1. The van der Waals surface area contributed by atoms with Gasteiger partial charge in [-0.25, -0.2) is 4.68 Å². The van der Waals surface area contributed by atoms with Crippen molar-refractivity contribution in [2.45, 2.75) is 0 Å². The van der Waals surface area contributed by atoms with Crippen LogP contribution < -0.4 is 14.8 Å². The van der Waals surface area contributed by atoms with Crippen LogP contribution in [0.15, 0.2) is 109 Å². The number of non-ortho nitro benzene ring substituents is 1. The fourth-order valence-corrected chi connectivity index (χ4v) is 3.86. The smallest absolute Gasteiger partial charge is 0.275 e. The van der Waals surface area contributed by atoms with Gasteiger partial charge in [-0.3, -0.25) is 14.9 Å². The molecule has 1 aromatic heterocycles. The third-order valence-electron chi connectivity index (χ3n) is 5.68. The summed E-state index contributed by atoms with van der Waals surface area (Å²) in [4.78, 5) is 24.5. The van der Waals surface area contributed by atoms with Crippen LogP contribution in [0.1, 0.15) is 10.4 Å². The lowest BCUT2D eigenvalue weighted by molar-refractivity contribution is -0.384. The quantitative estimate of drug-likeness (QED) is 0.190. The standard InChI is InChI=1S/C29H22N4O5/c1-37-24-12-14-25(15-13-24)38-26-17-21(16-23(18-26)33(35)36)30-29(34)27-19-32(22-10-6-3-7-11-22)31-28(27)20-8-4-2-5-9-20/h2-19H,1H3,(H,30,34). The van der Waals surface area contributed by atoms with E-state index >= 15 is 0 Å². The maximum atomic E-state index is 13.5. The number of nitro groups is 1. The number of carbonyl (C=O) groups excluding carboxylic acids is 1. The predicted octanol–water partition coefficient (Wildman–Crippen LogP) is 6.50. The maximum absolute atomic E-state index is 13.5. The van der Waals surface area contributed by atoms with Gasteiger partial charge in [0.1, 0.15) is 22.9 Å². The molecule has 1 amide bonds. The van der Waals surface area contributed by atoms with E-state index in [1.165, 1.54) is 18.2 Å². The summed E-state index contributed by atoms with van der Waals surface area (Å²) in [7, 11) is 1.55. The molecule has 188 valence electrons. The van der Waals surface area contributed by atoms with Crippen LogP contribution in [0.3, 0.4) is 0 Å². The Labute approximate surface area is 218 Å². The number of ether oxygens (including phenoxy) is 2. The van der Waals surface area contributed by atoms with E-state index in [9.17, 15) is 14.9 Å². The zero-order valence-electron chi connectivity index (χ0n) is 20.3. The third kappa shape index (κ3) is 5.36. The lowest BCUT2D eigenvalue weighted by Crippen LogP contribution is -2.12. The number of para-hydroxylation sites is 1. The molecule has 9 nitrogen and oxygen atoms in total. The average Bonchev–Trinajstić information content (AvgIpc) is 3.40. The van der Waals surface area contributed by atoms with Gasteiger partial charge in [0, 0.05) is 23.9 Å².